The van der Waals surface area contributed by atoms with Crippen LogP contribution in [0.5, 0.6) is 5.75 Å². The van der Waals surface area contributed by atoms with Gasteiger partial charge in [0.1, 0.15) is 11.6 Å². The lowest BCUT2D eigenvalue weighted by Crippen LogP contribution is -2.51. The van der Waals surface area contributed by atoms with Crippen LogP contribution in [0.15, 0.2) is 46.7 Å². The number of hydroxylamine groups is 1. The van der Waals surface area contributed by atoms with E-state index in [1.807, 2.05) is 49.9 Å². The number of benzene rings is 2. The second-order valence-electron chi connectivity index (χ2n) is 7.67. The molecule has 0 spiro atoms. The number of nitrogens with zero attached hydrogens (tertiary/aromatic N) is 2. The Labute approximate surface area is 179 Å². The monoisotopic (exact) mass is 421 g/mol. The first-order valence-electron chi connectivity index (χ1n) is 9.91. The Morgan fingerprint density at radius 1 is 1.26 bits per heavy atom. The summed E-state index contributed by atoms with van der Waals surface area (Å²) in [5, 5.41) is 6.57. The van der Waals surface area contributed by atoms with Crippen molar-refractivity contribution in [1.82, 2.24) is 5.48 Å². The Balaban J connectivity index is 1.57. The number of methoxy groups -OCH3 is 1. The third kappa shape index (κ3) is 2.97. The molecule has 0 aromatic heterocycles. The van der Waals surface area contributed by atoms with E-state index in [9.17, 15) is 4.79 Å². The fourth-order valence-corrected chi connectivity index (χ4v) is 3.92. The van der Waals surface area contributed by atoms with E-state index in [0.717, 1.165) is 39.6 Å². The Morgan fingerprint density at radius 2 is 2.10 bits per heavy atom. The first kappa shape index (κ1) is 19.3. The van der Waals surface area contributed by atoms with E-state index >= 15 is 0 Å². The van der Waals surface area contributed by atoms with Gasteiger partial charge < -0.3 is 20.1 Å². The van der Waals surface area contributed by atoms with Crippen LogP contribution in [0.2, 0.25) is 0 Å². The summed E-state index contributed by atoms with van der Waals surface area (Å²) in [5.74, 6) is -0.0803. The number of aryl methyl sites for hydroxylation is 1. The molecule has 1 fully saturated rings. The van der Waals surface area contributed by atoms with Crippen LogP contribution in [0.1, 0.15) is 28.4 Å². The van der Waals surface area contributed by atoms with Crippen molar-refractivity contribution in [2.45, 2.75) is 26.7 Å². The second-order valence-corrected chi connectivity index (χ2v) is 7.67. The number of allylic oxidation sites excluding steroid dienone is 1. The van der Waals surface area contributed by atoms with E-state index in [0.29, 0.717) is 18.0 Å². The number of ether oxygens (including phenoxy) is 2. The standard InChI is InChI=1S/C22H23N5O4/c1-12-7-15(8-17(14(12)3)21(28)29-4)25-22-24-10-13(2)20(26-31-22)27(22)16-5-6-19-18(9-16)23-11-30-19/h5-10,23,25-26H,11H2,1-4H3. The number of aliphatic imine (C=N–C) groups is 1. The molecule has 1 atom stereocenters. The number of carbonyl (C=O) groups excluding carboxylic acids is 1. The number of nitrogens with one attached hydrogen (secondary N) is 3. The van der Waals surface area contributed by atoms with E-state index in [2.05, 4.69) is 21.1 Å². The number of esters is 1. The van der Waals surface area contributed by atoms with Crippen molar-refractivity contribution in [2.24, 2.45) is 4.99 Å². The zero-order valence-corrected chi connectivity index (χ0v) is 17.7. The zero-order valence-electron chi connectivity index (χ0n) is 17.7. The average Bonchev–Trinajstić information content (AvgIpc) is 3.34. The average molecular weight is 421 g/mol. The number of hydrogen-bond donors (Lipinski definition) is 3. The molecule has 3 N–H and O–H groups in total. The quantitative estimate of drug-likeness (QED) is 0.648. The molecule has 3 aliphatic heterocycles. The predicted octanol–water partition coefficient (Wildman–Crippen LogP) is 3.23. The van der Waals surface area contributed by atoms with E-state index in [1.54, 1.807) is 12.3 Å². The molecule has 0 saturated carbocycles. The molecule has 2 aromatic carbocycles. The van der Waals surface area contributed by atoms with Crippen LogP contribution in [0.4, 0.5) is 17.1 Å². The van der Waals surface area contributed by atoms with Crippen LogP contribution in [0, 0.1) is 13.8 Å². The normalized spacial score (nSPS) is 20.7. The van der Waals surface area contributed by atoms with Gasteiger partial charge in [-0.25, -0.2) is 20.1 Å². The molecule has 0 radical (unpaired) electrons. The van der Waals surface area contributed by atoms with Crippen molar-refractivity contribution in [3.05, 3.63) is 58.4 Å². The van der Waals surface area contributed by atoms with Crippen LogP contribution in [-0.4, -0.2) is 32.0 Å². The van der Waals surface area contributed by atoms with E-state index in [-0.39, 0.29) is 0 Å². The van der Waals surface area contributed by atoms with Gasteiger partial charge >= 0.3 is 11.9 Å². The van der Waals surface area contributed by atoms with E-state index < -0.39 is 11.9 Å². The maximum absolute atomic E-state index is 12.3. The highest BCUT2D eigenvalue weighted by Gasteiger charge is 2.49. The summed E-state index contributed by atoms with van der Waals surface area (Å²) in [6.45, 7) is 6.24. The van der Waals surface area contributed by atoms with Gasteiger partial charge in [0.15, 0.2) is 6.73 Å². The molecule has 9 nitrogen and oxygen atoms in total. The van der Waals surface area contributed by atoms with Gasteiger partial charge in [0.25, 0.3) is 0 Å². The zero-order chi connectivity index (χ0) is 21.8. The van der Waals surface area contributed by atoms with Gasteiger partial charge in [-0.05, 0) is 62.2 Å². The molecule has 160 valence electrons. The highest BCUT2D eigenvalue weighted by molar-refractivity contribution is 5.93. The maximum Gasteiger partial charge on any atom is 0.351 e. The molecular weight excluding hydrogens is 398 g/mol. The minimum Gasteiger partial charge on any atom is -0.471 e. The number of carbonyl (C=O) groups is 1. The largest absolute Gasteiger partial charge is 0.471 e. The van der Waals surface area contributed by atoms with Crippen LogP contribution in [0.3, 0.4) is 0 Å². The van der Waals surface area contributed by atoms with Crippen molar-refractivity contribution in [3.63, 3.8) is 0 Å². The van der Waals surface area contributed by atoms with Gasteiger partial charge in [-0.15, -0.1) is 0 Å². The van der Waals surface area contributed by atoms with Crippen LogP contribution in [-0.2, 0) is 9.57 Å². The fraction of sp³-hybridized carbons (Fsp3) is 0.273. The summed E-state index contributed by atoms with van der Waals surface area (Å²) in [4.78, 5) is 24.8. The number of anilines is 3. The highest BCUT2D eigenvalue weighted by atomic mass is 16.7. The summed E-state index contributed by atoms with van der Waals surface area (Å²) in [5.41, 5.74) is 8.66. The highest BCUT2D eigenvalue weighted by Crippen LogP contribution is 2.42. The molecule has 5 rings (SSSR count). The molecule has 0 amide bonds. The van der Waals surface area contributed by atoms with Gasteiger partial charge in [0, 0.05) is 17.5 Å². The summed E-state index contributed by atoms with van der Waals surface area (Å²) in [6, 6.07) is 9.56. The van der Waals surface area contributed by atoms with Gasteiger partial charge in [0.05, 0.1) is 24.0 Å². The van der Waals surface area contributed by atoms with Gasteiger partial charge in [-0.2, -0.15) is 0 Å². The van der Waals surface area contributed by atoms with Crippen LogP contribution in [0.25, 0.3) is 0 Å². The molecule has 1 saturated heterocycles. The maximum atomic E-state index is 12.3. The Bertz CT molecular complexity index is 1160. The lowest BCUT2D eigenvalue weighted by atomic mass is 10.0. The molecule has 31 heavy (non-hydrogen) atoms. The minimum atomic E-state index is -1.27. The smallest absolute Gasteiger partial charge is 0.351 e. The summed E-state index contributed by atoms with van der Waals surface area (Å²) >= 11 is 0. The van der Waals surface area contributed by atoms with Crippen LogP contribution < -0.4 is 25.8 Å². The Kier molecular flexibility index (Phi) is 4.30. The summed E-state index contributed by atoms with van der Waals surface area (Å²) < 4.78 is 10.5. The molecule has 3 heterocycles. The minimum absolute atomic E-state index is 0.391. The fourth-order valence-electron chi connectivity index (χ4n) is 3.92. The van der Waals surface area contributed by atoms with Crippen molar-refractivity contribution >= 4 is 29.2 Å². The third-order valence-electron chi connectivity index (χ3n) is 5.71. The van der Waals surface area contributed by atoms with Gasteiger partial charge in [-0.1, -0.05) is 0 Å². The molecule has 0 aliphatic carbocycles. The first-order valence-corrected chi connectivity index (χ1v) is 9.91. The molecule has 2 aromatic rings. The van der Waals surface area contributed by atoms with Crippen molar-refractivity contribution < 1.29 is 19.1 Å². The van der Waals surface area contributed by atoms with E-state index in [1.165, 1.54) is 7.11 Å². The van der Waals surface area contributed by atoms with Crippen molar-refractivity contribution in [1.29, 1.82) is 0 Å². The lowest BCUT2D eigenvalue weighted by molar-refractivity contribution is -0.0214. The van der Waals surface area contributed by atoms with Crippen LogP contribution >= 0.6 is 0 Å². The molecule has 2 bridgehead atoms. The second kappa shape index (κ2) is 6.92. The number of fused-ring (bicyclic) bond motifs is 3. The van der Waals surface area contributed by atoms with Gasteiger partial charge in [-0.3, -0.25) is 4.90 Å². The SMILES string of the molecule is COC(=O)c1cc(NC23N=CC(C)=C(NO2)N3c2ccc3c(c2)NCO3)cc(C)c1C. The van der Waals surface area contributed by atoms with E-state index in [4.69, 9.17) is 14.3 Å². The first-order chi connectivity index (χ1) is 14.9. The number of rotatable bonds is 4. The Hall–Kier alpha value is -3.72. The molecule has 9 heteroatoms. The van der Waals surface area contributed by atoms with Gasteiger partial charge in [0.2, 0.25) is 0 Å². The summed E-state index contributed by atoms with van der Waals surface area (Å²) in [7, 11) is 1.37. The lowest BCUT2D eigenvalue weighted by Gasteiger charge is -2.36. The third-order valence-corrected chi connectivity index (χ3v) is 5.71. The topological polar surface area (TPSA) is 96.5 Å². The number of hydrogen-bond acceptors (Lipinski definition) is 9. The Morgan fingerprint density at radius 3 is 2.90 bits per heavy atom. The summed E-state index contributed by atoms with van der Waals surface area (Å²) in [6.07, 6.45) is 1.76. The molecular formula is C22H23N5O4. The predicted molar refractivity (Wildman–Crippen MR) is 117 cm³/mol. The molecule has 1 unspecified atom stereocenters. The van der Waals surface area contributed by atoms with Crippen molar-refractivity contribution in [3.8, 4) is 5.75 Å². The van der Waals surface area contributed by atoms with Crippen molar-refractivity contribution in [2.75, 3.05) is 29.4 Å². The molecule has 3 aliphatic rings.